The molecule has 9 aromatic carbocycles. The van der Waals surface area contributed by atoms with Gasteiger partial charge in [-0.15, -0.1) is 0 Å². The lowest BCUT2D eigenvalue weighted by atomic mass is 9.74. The number of furan rings is 1. The van der Waals surface area contributed by atoms with Crippen molar-refractivity contribution in [3.63, 3.8) is 0 Å². The first-order valence-electron chi connectivity index (χ1n) is 26.4. The van der Waals surface area contributed by atoms with Gasteiger partial charge in [0, 0.05) is 38.2 Å². The monoisotopic (exact) mass is 1150 g/mol. The number of phenolic OH excluding ortho intramolecular Hbond substituents is 15. The average Bonchev–Trinajstić information content (AvgIpc) is 1.56. The number of aromatic hydroxyl groups is 15. The van der Waals surface area contributed by atoms with Crippen LogP contribution >= 0.6 is 0 Å². The van der Waals surface area contributed by atoms with E-state index in [0.717, 1.165) is 14.5 Å². The number of hydrogen-bond donors (Lipinski definition) is 15. The van der Waals surface area contributed by atoms with Gasteiger partial charge < -0.3 is 85.6 Å². The summed E-state index contributed by atoms with van der Waals surface area (Å²) >= 11 is 0. The van der Waals surface area contributed by atoms with E-state index in [1.165, 1.54) is 45.2 Å². The number of phenols is 15. The topological polar surface area (TPSA) is 365 Å². The first-order valence-corrected chi connectivity index (χ1v) is 26.4. The Kier molecular flexibility index (Phi) is 11.7. The molecule has 14 radical (unpaired) electrons. The Balaban J connectivity index is 0.00000110. The molecular formula is C59H38B7N5O16. The highest BCUT2D eigenvalue weighted by molar-refractivity contribution is 6.57. The number of aromatic nitrogens is 5. The van der Waals surface area contributed by atoms with Gasteiger partial charge in [0.05, 0.1) is 44.0 Å². The van der Waals surface area contributed by atoms with Crippen molar-refractivity contribution in [1.29, 1.82) is 0 Å². The minimum atomic E-state index is -1.37. The average molecular weight is 1150 g/mol. The Morgan fingerprint density at radius 1 is 0.425 bits per heavy atom. The summed E-state index contributed by atoms with van der Waals surface area (Å²) in [5.74, 6) is -17.2. The second-order valence-electron chi connectivity index (χ2n) is 22.0. The second-order valence-corrected chi connectivity index (χ2v) is 22.0. The maximum atomic E-state index is 12.5. The molecule has 0 bridgehead atoms. The number of nitrogens with zero attached hydrogens (tertiary/aromatic N) is 5. The molecular weight excluding hydrogens is 1110 g/mol. The van der Waals surface area contributed by atoms with Gasteiger partial charge in [0.15, 0.2) is 51.9 Å². The molecule has 1 aliphatic carbocycles. The molecule has 28 heteroatoms. The maximum absolute atomic E-state index is 12.5. The zero-order valence-corrected chi connectivity index (χ0v) is 45.9. The van der Waals surface area contributed by atoms with E-state index in [1.54, 1.807) is 18.2 Å². The van der Waals surface area contributed by atoms with Gasteiger partial charge in [-0.05, 0) is 93.8 Å². The van der Waals surface area contributed by atoms with Crippen molar-refractivity contribution in [2.75, 3.05) is 0 Å². The van der Waals surface area contributed by atoms with Crippen molar-refractivity contribution in [1.82, 2.24) is 24.1 Å². The molecule has 4 heterocycles. The van der Waals surface area contributed by atoms with Crippen molar-refractivity contribution >= 4 is 180 Å². The van der Waals surface area contributed by atoms with Crippen molar-refractivity contribution < 1.29 is 81.0 Å². The summed E-state index contributed by atoms with van der Waals surface area (Å²) in [4.78, 5) is 14.1. The number of benzene rings is 9. The Hall–Kier alpha value is -10.4. The molecule has 416 valence electrons. The van der Waals surface area contributed by atoms with Crippen molar-refractivity contribution in [2.24, 2.45) is 5.41 Å². The smallest absolute Gasteiger partial charge is 0.239 e. The van der Waals surface area contributed by atoms with E-state index in [0.29, 0.717) is 16.2 Å². The molecule has 0 saturated heterocycles. The summed E-state index contributed by atoms with van der Waals surface area (Å²) in [5, 5.41) is 173. The van der Waals surface area contributed by atoms with Gasteiger partial charge in [0.1, 0.15) is 106 Å². The normalized spacial score (nSPS) is 13.2. The van der Waals surface area contributed by atoms with Crippen LogP contribution in [0.25, 0.3) is 122 Å². The summed E-state index contributed by atoms with van der Waals surface area (Å²) < 4.78 is 8.26. The highest BCUT2D eigenvalue weighted by Crippen LogP contribution is 2.57. The van der Waals surface area contributed by atoms with Gasteiger partial charge >= 0.3 is 0 Å². The van der Waals surface area contributed by atoms with E-state index >= 15 is 0 Å². The number of hydrogen-bond acceptors (Lipinski definition) is 19. The Bertz CT molecular complexity index is 5310. The van der Waals surface area contributed by atoms with Crippen LogP contribution in [0.1, 0.15) is 44.2 Å². The van der Waals surface area contributed by atoms with Crippen LogP contribution in [0.2, 0.25) is 0 Å². The van der Waals surface area contributed by atoms with Crippen LogP contribution in [0.5, 0.6) is 86.2 Å². The third-order valence-corrected chi connectivity index (χ3v) is 17.2. The molecule has 1 fully saturated rings. The molecule has 0 aliphatic heterocycles. The molecule has 13 aromatic rings. The molecule has 1 aliphatic rings. The molecule has 0 amide bonds. The van der Waals surface area contributed by atoms with Crippen LogP contribution in [0, 0.1) is 19.3 Å². The standard InChI is InChI=1S/C53H26B7N5O16.C6H12/c1-8-31-21(39(69)28(58)36(8)66)22-34(64(31)32-9(2)37(67)46(76)30(60)44(32)74)33-19(25(55)38(22)68)20-35(48(78)50(80)49(79)41(20)71)65(33)53-62-51(61-52(63-53)23-26(56)43(73)29(59)47(77)42(23)72)10-6-12-16-14(7-10)81-13-5-3-4-11(15(13)16)18-17(12)24(54)27(57)45(75)40(18)70;1-3-6(2)4-5-6/h3-7,66-80H,1-2H3;3-5H2,1-2H3. The van der Waals surface area contributed by atoms with Gasteiger partial charge in [-0.3, -0.25) is 4.57 Å². The quantitative estimate of drug-likeness (QED) is 0.0510. The molecule has 0 spiro atoms. The van der Waals surface area contributed by atoms with Crippen LogP contribution in [0.4, 0.5) is 0 Å². The van der Waals surface area contributed by atoms with Crippen LogP contribution in [0.15, 0.2) is 34.7 Å². The van der Waals surface area contributed by atoms with E-state index in [2.05, 4.69) is 23.8 Å². The van der Waals surface area contributed by atoms with Crippen molar-refractivity contribution in [3.8, 4) is 121 Å². The van der Waals surface area contributed by atoms with E-state index in [9.17, 15) is 76.6 Å². The number of fused-ring (bicyclic) bond motifs is 10. The van der Waals surface area contributed by atoms with E-state index in [-0.39, 0.29) is 55.0 Å². The molecule has 15 N–H and O–H groups in total. The summed E-state index contributed by atoms with van der Waals surface area (Å²) in [6.07, 6.45) is 4.33. The Morgan fingerprint density at radius 3 is 1.63 bits per heavy atom. The third kappa shape index (κ3) is 7.14. The van der Waals surface area contributed by atoms with Crippen molar-refractivity contribution in [2.45, 2.75) is 47.0 Å². The molecule has 4 aromatic heterocycles. The highest BCUT2D eigenvalue weighted by Gasteiger charge is 2.37. The minimum Gasteiger partial charge on any atom is -0.509 e. The molecule has 1 saturated carbocycles. The number of rotatable bonds is 5. The molecule has 14 rings (SSSR count). The Labute approximate surface area is 497 Å². The van der Waals surface area contributed by atoms with Gasteiger partial charge in [-0.2, -0.15) is 9.97 Å². The minimum absolute atomic E-state index is 0.0462. The zero-order valence-electron chi connectivity index (χ0n) is 45.9. The second kappa shape index (κ2) is 18.3. The van der Waals surface area contributed by atoms with E-state index in [4.69, 9.17) is 64.3 Å². The lowest BCUT2D eigenvalue weighted by molar-refractivity contribution is 0.350. The SMILES string of the molecule is CCC1(C)CC1.[B]c1c(O)c([B])c(-c2nc(-c3cc4oc5cccc6c7c(O)c(O)c([B])c([B])c7c(c3)c4c56)nc(-n3c4c(O)c(O)c(O)c(O)c4c4c([B])c(O)c5c6c(O)c([B])c(O)c(C)c6n(-c6c(C)c(O)c(O)c([B])c6O)c5c43)n2)c(O)c1O. The fourth-order valence-corrected chi connectivity index (χ4v) is 12.0. The summed E-state index contributed by atoms with van der Waals surface area (Å²) in [6.45, 7) is 7.14. The number of aryl methyl sites for hydroxylation is 1. The van der Waals surface area contributed by atoms with E-state index in [1.807, 2.05) is 0 Å². The summed E-state index contributed by atoms with van der Waals surface area (Å²) in [7, 11) is 44.6. The summed E-state index contributed by atoms with van der Waals surface area (Å²) in [5.41, 5.74) is -7.09. The predicted molar refractivity (Wildman–Crippen MR) is 333 cm³/mol. The van der Waals surface area contributed by atoms with Gasteiger partial charge in [0.2, 0.25) is 17.4 Å². The van der Waals surface area contributed by atoms with Gasteiger partial charge in [0.25, 0.3) is 0 Å². The van der Waals surface area contributed by atoms with Crippen LogP contribution in [0.3, 0.4) is 0 Å². The van der Waals surface area contributed by atoms with Gasteiger partial charge in [-0.25, -0.2) is 4.98 Å². The zero-order chi connectivity index (χ0) is 62.7. The lowest BCUT2D eigenvalue weighted by Crippen LogP contribution is -2.27. The van der Waals surface area contributed by atoms with Gasteiger partial charge in [-0.1, -0.05) is 43.3 Å². The molecule has 0 atom stereocenters. The fraction of sp³-hybridized carbons (Fsp3) is 0.136. The highest BCUT2D eigenvalue weighted by atomic mass is 16.4. The largest absolute Gasteiger partial charge is 0.509 e. The Morgan fingerprint density at radius 2 is 0.977 bits per heavy atom. The molecule has 21 nitrogen and oxygen atoms in total. The summed E-state index contributed by atoms with van der Waals surface area (Å²) in [6, 6.07) is 7.81. The predicted octanol–water partition coefficient (Wildman–Crippen LogP) is 3.00. The van der Waals surface area contributed by atoms with Crippen LogP contribution in [-0.2, 0) is 0 Å². The first-order chi connectivity index (χ1) is 41.0. The molecule has 0 unspecified atom stereocenters. The maximum Gasteiger partial charge on any atom is 0.239 e. The van der Waals surface area contributed by atoms with Crippen LogP contribution < -0.4 is 38.2 Å². The fourth-order valence-electron chi connectivity index (χ4n) is 12.0. The molecule has 87 heavy (non-hydrogen) atoms. The third-order valence-electron chi connectivity index (χ3n) is 17.2. The van der Waals surface area contributed by atoms with E-state index < -0.39 is 186 Å². The lowest BCUT2D eigenvalue weighted by Gasteiger charge is -2.20. The van der Waals surface area contributed by atoms with Crippen LogP contribution in [-0.4, -0.2) is 156 Å². The first kappa shape index (κ1) is 55.8. The van der Waals surface area contributed by atoms with Crippen molar-refractivity contribution in [3.05, 3.63) is 41.5 Å².